The first kappa shape index (κ1) is 20.9. The van der Waals surface area contributed by atoms with Crippen molar-refractivity contribution in [1.82, 2.24) is 9.21 Å². The largest absolute Gasteiger partial charge is 0.325 e. The Hall–Kier alpha value is -2.82. The average molecular weight is 418 g/mol. The van der Waals surface area contributed by atoms with Crippen molar-refractivity contribution in [1.29, 1.82) is 0 Å². The molecule has 0 radical (unpaired) electrons. The minimum atomic E-state index is -3.98. The van der Waals surface area contributed by atoms with Gasteiger partial charge in [-0.3, -0.25) is 19.8 Å². The molecule has 1 aliphatic rings. The molecule has 29 heavy (non-hydrogen) atoms. The van der Waals surface area contributed by atoms with Crippen molar-refractivity contribution in [2.45, 2.75) is 11.8 Å². The summed E-state index contributed by atoms with van der Waals surface area (Å²) in [4.78, 5) is 24.3. The van der Waals surface area contributed by atoms with Gasteiger partial charge in [0.2, 0.25) is 15.9 Å². The molecule has 9 nitrogen and oxygen atoms in total. The number of hydrogen-bond acceptors (Lipinski definition) is 6. The van der Waals surface area contributed by atoms with Crippen molar-refractivity contribution in [3.8, 4) is 0 Å². The highest BCUT2D eigenvalue weighted by Crippen LogP contribution is 2.26. The summed E-state index contributed by atoms with van der Waals surface area (Å²) in [5.41, 5.74) is 1.27. The summed E-state index contributed by atoms with van der Waals surface area (Å²) < 4.78 is 26.9. The number of nitro benzene ring substituents is 1. The van der Waals surface area contributed by atoms with E-state index < -0.39 is 20.6 Å². The number of carbonyl (C=O) groups is 1. The maximum Gasteiger partial charge on any atom is 0.289 e. The van der Waals surface area contributed by atoms with Crippen molar-refractivity contribution in [2.75, 3.05) is 38.0 Å². The number of nitrogens with zero attached hydrogens (tertiary/aromatic N) is 3. The van der Waals surface area contributed by atoms with E-state index in [0.29, 0.717) is 13.1 Å². The number of anilines is 1. The van der Waals surface area contributed by atoms with Crippen LogP contribution in [-0.2, 0) is 14.8 Å². The van der Waals surface area contributed by atoms with Gasteiger partial charge >= 0.3 is 0 Å². The van der Waals surface area contributed by atoms with E-state index in [1.165, 1.54) is 28.6 Å². The van der Waals surface area contributed by atoms with E-state index in [2.05, 4.69) is 5.32 Å². The molecule has 1 heterocycles. The first-order valence-electron chi connectivity index (χ1n) is 9.10. The Bertz CT molecular complexity index is 1020. The Morgan fingerprint density at radius 3 is 2.34 bits per heavy atom. The van der Waals surface area contributed by atoms with Crippen LogP contribution in [0, 0.1) is 17.0 Å². The van der Waals surface area contributed by atoms with Crippen LogP contribution < -0.4 is 5.32 Å². The van der Waals surface area contributed by atoms with E-state index in [-0.39, 0.29) is 30.4 Å². The van der Waals surface area contributed by atoms with Crippen LogP contribution >= 0.6 is 0 Å². The second-order valence-electron chi connectivity index (χ2n) is 6.77. The number of amides is 1. The summed E-state index contributed by atoms with van der Waals surface area (Å²) in [6, 6.07) is 12.8. The first-order valence-corrected chi connectivity index (χ1v) is 10.5. The van der Waals surface area contributed by atoms with Crippen LogP contribution in [0.25, 0.3) is 0 Å². The molecule has 3 rings (SSSR count). The van der Waals surface area contributed by atoms with Gasteiger partial charge in [-0.15, -0.1) is 0 Å². The third kappa shape index (κ3) is 4.78. The zero-order valence-electron chi connectivity index (χ0n) is 15.9. The molecule has 2 aromatic rings. The highest BCUT2D eigenvalue weighted by molar-refractivity contribution is 7.89. The summed E-state index contributed by atoms with van der Waals surface area (Å²) in [5.74, 6) is -0.172. The second kappa shape index (κ2) is 8.68. The van der Waals surface area contributed by atoms with E-state index in [1.807, 2.05) is 36.1 Å². The summed E-state index contributed by atoms with van der Waals surface area (Å²) >= 11 is 0. The van der Waals surface area contributed by atoms with Crippen LogP contribution in [0.3, 0.4) is 0 Å². The van der Waals surface area contributed by atoms with Crippen molar-refractivity contribution in [3.05, 3.63) is 64.2 Å². The number of nitrogens with one attached hydrogen (secondary N) is 1. The molecule has 0 bridgehead atoms. The van der Waals surface area contributed by atoms with Gasteiger partial charge in [0.25, 0.3) is 5.69 Å². The minimum absolute atomic E-state index is 0.147. The van der Waals surface area contributed by atoms with E-state index >= 15 is 0 Å². The van der Waals surface area contributed by atoms with Crippen molar-refractivity contribution in [3.63, 3.8) is 0 Å². The molecule has 154 valence electrons. The zero-order valence-corrected chi connectivity index (χ0v) is 16.8. The minimum Gasteiger partial charge on any atom is -0.325 e. The number of carbonyl (C=O) groups excluding carboxylic acids is 1. The van der Waals surface area contributed by atoms with Crippen LogP contribution in [0.4, 0.5) is 11.4 Å². The Labute approximate surface area is 169 Å². The third-order valence-corrected chi connectivity index (χ3v) is 6.74. The molecule has 0 atom stereocenters. The van der Waals surface area contributed by atoms with Gasteiger partial charge in [-0.1, -0.05) is 30.3 Å². The molecule has 10 heteroatoms. The lowest BCUT2D eigenvalue weighted by atomic mass is 10.2. The Balaban J connectivity index is 1.61. The first-order chi connectivity index (χ1) is 13.8. The maximum absolute atomic E-state index is 12.8. The smallest absolute Gasteiger partial charge is 0.289 e. The molecule has 0 saturated carbocycles. The van der Waals surface area contributed by atoms with Gasteiger partial charge < -0.3 is 5.32 Å². The normalized spacial score (nSPS) is 15.8. The quantitative estimate of drug-likeness (QED) is 0.566. The topological polar surface area (TPSA) is 113 Å². The molecule has 1 aliphatic heterocycles. The number of aryl methyl sites for hydroxylation is 1. The number of hydrogen-bond donors (Lipinski definition) is 1. The highest BCUT2D eigenvalue weighted by atomic mass is 32.2. The van der Waals surface area contributed by atoms with Gasteiger partial charge in [0, 0.05) is 37.9 Å². The number of nitro groups is 1. The van der Waals surface area contributed by atoms with E-state index in [1.54, 1.807) is 0 Å². The van der Waals surface area contributed by atoms with Crippen LogP contribution in [0.5, 0.6) is 0 Å². The number of sulfonamides is 1. The van der Waals surface area contributed by atoms with E-state index in [9.17, 15) is 23.3 Å². The highest BCUT2D eigenvalue weighted by Gasteiger charge is 2.33. The molecule has 1 saturated heterocycles. The Morgan fingerprint density at radius 2 is 1.69 bits per heavy atom. The van der Waals surface area contributed by atoms with Crippen LogP contribution in [0.1, 0.15) is 5.56 Å². The molecular formula is C19H22N4O5S. The van der Waals surface area contributed by atoms with Crippen molar-refractivity contribution in [2.24, 2.45) is 0 Å². The number of para-hydroxylation sites is 2. The van der Waals surface area contributed by atoms with Crippen molar-refractivity contribution < 1.29 is 18.1 Å². The van der Waals surface area contributed by atoms with Crippen LogP contribution in [0.15, 0.2) is 53.4 Å². The lowest BCUT2D eigenvalue weighted by Crippen LogP contribution is -2.50. The summed E-state index contributed by atoms with van der Waals surface area (Å²) in [5, 5.41) is 14.0. The molecule has 1 fully saturated rings. The maximum atomic E-state index is 12.8. The average Bonchev–Trinajstić information content (AvgIpc) is 2.70. The fourth-order valence-electron chi connectivity index (χ4n) is 3.20. The van der Waals surface area contributed by atoms with Gasteiger partial charge in [-0.2, -0.15) is 4.31 Å². The molecule has 2 aromatic carbocycles. The molecule has 0 unspecified atom stereocenters. The molecule has 0 spiro atoms. The summed E-state index contributed by atoms with van der Waals surface area (Å²) in [7, 11) is -3.98. The molecule has 0 aliphatic carbocycles. The van der Waals surface area contributed by atoms with E-state index in [4.69, 9.17) is 0 Å². The summed E-state index contributed by atoms with van der Waals surface area (Å²) in [6.45, 7) is 3.09. The number of piperazine rings is 1. The Morgan fingerprint density at radius 1 is 1.07 bits per heavy atom. The molecule has 0 aromatic heterocycles. The number of benzene rings is 2. The lowest BCUT2D eigenvalue weighted by molar-refractivity contribution is -0.387. The SMILES string of the molecule is Cc1ccccc1NC(=O)CN1CCN(S(=O)(=O)c2ccccc2[N+](=O)[O-])CC1. The molecule has 1 N–H and O–H groups in total. The van der Waals surface area contributed by atoms with Crippen LogP contribution in [0.2, 0.25) is 0 Å². The van der Waals surface area contributed by atoms with Gasteiger partial charge in [0.05, 0.1) is 11.5 Å². The predicted molar refractivity (Wildman–Crippen MR) is 108 cm³/mol. The number of rotatable bonds is 6. The standard InChI is InChI=1S/C19H22N4O5S/c1-15-6-2-3-7-16(15)20-19(24)14-21-10-12-22(13-11-21)29(27,28)18-9-5-4-8-17(18)23(25)26/h2-9H,10-14H2,1H3,(H,20,24). The fraction of sp³-hybridized carbons (Fsp3) is 0.316. The fourth-order valence-corrected chi connectivity index (χ4v) is 4.78. The Kier molecular flexibility index (Phi) is 6.26. The van der Waals surface area contributed by atoms with Gasteiger partial charge in [0.15, 0.2) is 4.90 Å². The molecular weight excluding hydrogens is 396 g/mol. The second-order valence-corrected chi connectivity index (χ2v) is 8.67. The van der Waals surface area contributed by atoms with Crippen molar-refractivity contribution >= 4 is 27.3 Å². The third-order valence-electron chi connectivity index (χ3n) is 4.80. The van der Waals surface area contributed by atoms with Gasteiger partial charge in [0.1, 0.15) is 0 Å². The van der Waals surface area contributed by atoms with E-state index in [0.717, 1.165) is 11.3 Å². The van der Waals surface area contributed by atoms with Crippen LogP contribution in [-0.4, -0.2) is 61.2 Å². The molecule has 1 amide bonds. The van der Waals surface area contributed by atoms with Gasteiger partial charge in [-0.05, 0) is 24.6 Å². The zero-order chi connectivity index (χ0) is 21.0. The monoisotopic (exact) mass is 418 g/mol. The summed E-state index contributed by atoms with van der Waals surface area (Å²) in [6.07, 6.45) is 0. The lowest BCUT2D eigenvalue weighted by Gasteiger charge is -2.33. The van der Waals surface area contributed by atoms with Gasteiger partial charge in [-0.25, -0.2) is 8.42 Å². The predicted octanol–water partition coefficient (Wildman–Crippen LogP) is 1.85.